The summed E-state index contributed by atoms with van der Waals surface area (Å²) in [6, 6.07) is 2.06. The van der Waals surface area contributed by atoms with Gasteiger partial charge in [-0.15, -0.1) is 0 Å². The van der Waals surface area contributed by atoms with Crippen LogP contribution in [0.4, 0.5) is 0 Å². The quantitative estimate of drug-likeness (QED) is 0.444. The molecule has 0 saturated heterocycles. The van der Waals surface area contributed by atoms with Crippen LogP contribution in [-0.4, -0.2) is 0 Å². The van der Waals surface area contributed by atoms with Crippen molar-refractivity contribution in [2.75, 3.05) is 0 Å². The van der Waals surface area contributed by atoms with E-state index in [1.165, 1.54) is 0 Å². The van der Waals surface area contributed by atoms with Gasteiger partial charge in [-0.05, 0) is 20.3 Å². The van der Waals surface area contributed by atoms with Gasteiger partial charge in [0.15, 0.2) is 0 Å². The maximum absolute atomic E-state index is 8.40. The molecular formula is C10H13N. The van der Waals surface area contributed by atoms with Gasteiger partial charge >= 0.3 is 0 Å². The Morgan fingerprint density at radius 2 is 2.09 bits per heavy atom. The fourth-order valence-corrected chi connectivity index (χ4v) is 0.551. The van der Waals surface area contributed by atoms with Crippen LogP contribution in [0.1, 0.15) is 20.3 Å². The summed E-state index contributed by atoms with van der Waals surface area (Å²) in [4.78, 5) is 0. The first kappa shape index (κ1) is 9.71. The van der Waals surface area contributed by atoms with E-state index >= 15 is 0 Å². The van der Waals surface area contributed by atoms with E-state index in [-0.39, 0.29) is 0 Å². The van der Waals surface area contributed by atoms with Crippen LogP contribution >= 0.6 is 0 Å². The molecule has 0 N–H and O–H groups in total. The Balaban J connectivity index is 3.93. The van der Waals surface area contributed by atoms with Crippen molar-refractivity contribution < 1.29 is 0 Å². The molecular weight excluding hydrogens is 134 g/mol. The molecule has 58 valence electrons. The first-order valence-corrected chi connectivity index (χ1v) is 3.56. The van der Waals surface area contributed by atoms with Gasteiger partial charge in [-0.3, -0.25) is 0 Å². The molecule has 0 saturated carbocycles. The Bertz CT molecular complexity index is 226. The predicted octanol–water partition coefficient (Wildman–Crippen LogP) is 2.98. The normalized spacial score (nSPS) is 12.5. The third kappa shape index (κ3) is 5.17. The highest BCUT2D eigenvalue weighted by Gasteiger charge is 1.81. The molecule has 0 spiro atoms. The monoisotopic (exact) mass is 147 g/mol. The van der Waals surface area contributed by atoms with Gasteiger partial charge in [-0.1, -0.05) is 30.4 Å². The molecule has 1 nitrogen and oxygen atoms in total. The lowest BCUT2D eigenvalue weighted by Crippen LogP contribution is -1.69. The third-order valence-electron chi connectivity index (χ3n) is 1.36. The van der Waals surface area contributed by atoms with Crippen LogP contribution in [0.5, 0.6) is 0 Å². The molecule has 0 radical (unpaired) electrons. The number of hydrogen-bond acceptors (Lipinski definition) is 1. The van der Waals surface area contributed by atoms with Gasteiger partial charge in [-0.2, -0.15) is 5.26 Å². The molecule has 1 heteroatoms. The van der Waals surface area contributed by atoms with Crippen molar-refractivity contribution in [1.82, 2.24) is 0 Å². The largest absolute Gasteiger partial charge is 0.193 e. The number of allylic oxidation sites excluding steroid dienone is 5. The lowest BCUT2D eigenvalue weighted by Gasteiger charge is -1.87. The molecule has 0 aliphatic carbocycles. The van der Waals surface area contributed by atoms with Gasteiger partial charge in [0, 0.05) is 5.57 Å². The van der Waals surface area contributed by atoms with Gasteiger partial charge in [0.2, 0.25) is 0 Å². The van der Waals surface area contributed by atoms with E-state index in [0.717, 1.165) is 17.6 Å². The minimum Gasteiger partial charge on any atom is -0.193 e. The van der Waals surface area contributed by atoms with Crippen LogP contribution in [0, 0.1) is 11.3 Å². The molecule has 11 heavy (non-hydrogen) atoms. The molecule has 0 aliphatic rings. The van der Waals surface area contributed by atoms with Crippen molar-refractivity contribution in [2.45, 2.75) is 20.3 Å². The molecule has 0 heterocycles. The van der Waals surface area contributed by atoms with Crippen LogP contribution in [0.2, 0.25) is 0 Å². The topological polar surface area (TPSA) is 23.8 Å². The fraction of sp³-hybridized carbons (Fsp3) is 0.300. The maximum Gasteiger partial charge on any atom is 0.0940 e. The summed E-state index contributed by atoms with van der Waals surface area (Å²) < 4.78 is 0. The summed E-state index contributed by atoms with van der Waals surface area (Å²) in [7, 11) is 0. The van der Waals surface area contributed by atoms with Crippen molar-refractivity contribution in [3.05, 3.63) is 36.0 Å². The summed E-state index contributed by atoms with van der Waals surface area (Å²) in [5, 5.41) is 8.40. The molecule has 0 atom stereocenters. The van der Waals surface area contributed by atoms with Crippen LogP contribution in [0.25, 0.3) is 0 Å². The lowest BCUT2D eigenvalue weighted by atomic mass is 10.2. The Kier molecular flexibility index (Phi) is 4.85. The molecule has 0 bridgehead atoms. The van der Waals surface area contributed by atoms with Crippen LogP contribution in [0.15, 0.2) is 36.0 Å². The minimum atomic E-state index is 0.762. The zero-order valence-corrected chi connectivity index (χ0v) is 7.09. The van der Waals surface area contributed by atoms with E-state index in [2.05, 4.69) is 12.6 Å². The molecule has 0 amide bonds. The Morgan fingerprint density at radius 3 is 2.55 bits per heavy atom. The standard InChI is InChI=1S/C10H13N/c1-4-9(2)6-5-7-10(3)8-11/h4,6-7H,1,5H2,2-3H3/b9-6-,10-7+. The van der Waals surface area contributed by atoms with E-state index in [9.17, 15) is 0 Å². The number of rotatable bonds is 3. The Labute approximate surface area is 68.3 Å². The first-order chi connectivity index (χ1) is 5.20. The molecule has 0 rings (SSSR count). The van der Waals surface area contributed by atoms with Crippen LogP contribution < -0.4 is 0 Å². The number of nitrogens with zero attached hydrogens (tertiary/aromatic N) is 1. The lowest BCUT2D eigenvalue weighted by molar-refractivity contribution is 1.29. The van der Waals surface area contributed by atoms with Gasteiger partial charge in [0.05, 0.1) is 6.07 Å². The molecule has 0 fully saturated rings. The highest BCUT2D eigenvalue weighted by Crippen LogP contribution is 1.99. The average Bonchev–Trinajstić information content (AvgIpc) is 2.04. The zero-order chi connectivity index (χ0) is 8.69. The second-order valence-corrected chi connectivity index (χ2v) is 2.39. The van der Waals surface area contributed by atoms with Gasteiger partial charge < -0.3 is 0 Å². The molecule has 0 unspecified atom stereocenters. The van der Waals surface area contributed by atoms with E-state index in [4.69, 9.17) is 5.26 Å². The van der Waals surface area contributed by atoms with E-state index in [0.29, 0.717) is 0 Å². The summed E-state index contributed by atoms with van der Waals surface area (Å²) >= 11 is 0. The molecule has 0 aliphatic heterocycles. The van der Waals surface area contributed by atoms with Crippen LogP contribution in [-0.2, 0) is 0 Å². The summed E-state index contributed by atoms with van der Waals surface area (Å²) in [6.45, 7) is 7.42. The molecule has 0 aromatic rings. The summed E-state index contributed by atoms with van der Waals surface area (Å²) in [5.74, 6) is 0. The van der Waals surface area contributed by atoms with Crippen LogP contribution in [0.3, 0.4) is 0 Å². The highest BCUT2D eigenvalue weighted by atomic mass is 14.2. The molecule has 0 aromatic heterocycles. The fourth-order valence-electron chi connectivity index (χ4n) is 0.551. The second-order valence-electron chi connectivity index (χ2n) is 2.39. The van der Waals surface area contributed by atoms with E-state index in [1.54, 1.807) is 13.0 Å². The van der Waals surface area contributed by atoms with Crippen molar-refractivity contribution in [1.29, 1.82) is 5.26 Å². The number of nitriles is 1. The van der Waals surface area contributed by atoms with Crippen molar-refractivity contribution in [3.63, 3.8) is 0 Å². The minimum absolute atomic E-state index is 0.762. The highest BCUT2D eigenvalue weighted by molar-refractivity contribution is 5.20. The third-order valence-corrected chi connectivity index (χ3v) is 1.36. The Morgan fingerprint density at radius 1 is 1.45 bits per heavy atom. The smallest absolute Gasteiger partial charge is 0.0940 e. The predicted molar refractivity (Wildman–Crippen MR) is 47.9 cm³/mol. The number of hydrogen-bond donors (Lipinski definition) is 0. The van der Waals surface area contributed by atoms with Gasteiger partial charge in [0.1, 0.15) is 0 Å². The van der Waals surface area contributed by atoms with Crippen molar-refractivity contribution in [3.8, 4) is 6.07 Å². The second kappa shape index (κ2) is 5.49. The van der Waals surface area contributed by atoms with Crippen molar-refractivity contribution in [2.24, 2.45) is 0 Å². The zero-order valence-electron chi connectivity index (χ0n) is 7.09. The molecule has 0 aromatic carbocycles. The van der Waals surface area contributed by atoms with Crippen molar-refractivity contribution >= 4 is 0 Å². The average molecular weight is 147 g/mol. The summed E-state index contributed by atoms with van der Waals surface area (Å²) in [6.07, 6.45) is 6.55. The van der Waals surface area contributed by atoms with E-state index in [1.807, 2.05) is 19.1 Å². The first-order valence-electron chi connectivity index (χ1n) is 3.56. The van der Waals surface area contributed by atoms with Gasteiger partial charge in [0.25, 0.3) is 0 Å². The maximum atomic E-state index is 8.40. The summed E-state index contributed by atoms with van der Waals surface area (Å²) in [5.41, 5.74) is 1.91. The Hall–Kier alpha value is -1.29. The SMILES string of the molecule is C=C/C(C)=C\C/C=C(\C)C#N. The van der Waals surface area contributed by atoms with Gasteiger partial charge in [-0.25, -0.2) is 0 Å². The van der Waals surface area contributed by atoms with E-state index < -0.39 is 0 Å².